The third kappa shape index (κ3) is 3.96. The van der Waals surface area contributed by atoms with Crippen LogP contribution in [0.15, 0.2) is 24.5 Å². The summed E-state index contributed by atoms with van der Waals surface area (Å²) in [6.45, 7) is 4.00. The lowest BCUT2D eigenvalue weighted by molar-refractivity contribution is -0.0755. The summed E-state index contributed by atoms with van der Waals surface area (Å²) in [6.07, 6.45) is 3.19. The zero-order valence-electron chi connectivity index (χ0n) is 13.9. The fourth-order valence-corrected chi connectivity index (χ4v) is 1.77. The number of amides is 1. The number of fused-ring (bicyclic) bond motifs is 1. The molecule has 1 amide bonds. The highest BCUT2D eigenvalue weighted by Crippen LogP contribution is 2.28. The van der Waals surface area contributed by atoms with E-state index in [4.69, 9.17) is 9.57 Å². The van der Waals surface area contributed by atoms with Gasteiger partial charge in [-0.05, 0) is 19.2 Å². The average molecular weight is 313 g/mol. The lowest BCUT2D eigenvalue weighted by Crippen LogP contribution is -2.25. The topological polar surface area (TPSA) is 69.2 Å². The first kappa shape index (κ1) is 19.9. The third-order valence-corrected chi connectivity index (χ3v) is 2.72. The van der Waals surface area contributed by atoms with Gasteiger partial charge in [-0.3, -0.25) is 9.63 Å². The number of rotatable bonds is 3. The van der Waals surface area contributed by atoms with Crippen LogP contribution in [0.2, 0.25) is 0 Å². The quantitative estimate of drug-likeness (QED) is 0.883. The summed E-state index contributed by atoms with van der Waals surface area (Å²) in [4.78, 5) is 16.9. The molecule has 0 fully saturated rings. The van der Waals surface area contributed by atoms with E-state index in [2.05, 4.69) is 5.73 Å². The standard InChI is InChI=1S/C12H13FN2O3.C2H6.CH5N/c1-14(18-3)12(16)8-4-6-15-7-5-9(13)11(17-2)10(8)15;2*1-2/h4-7H,1-3H3;1-2H3;2H2,1H3. The molecular formula is C15H24FN3O3. The van der Waals surface area contributed by atoms with Crippen LogP contribution < -0.4 is 10.5 Å². The molecule has 0 radical (unpaired) electrons. The number of carbonyl (C=O) groups is 1. The van der Waals surface area contributed by atoms with E-state index in [1.165, 1.54) is 40.6 Å². The molecule has 124 valence electrons. The van der Waals surface area contributed by atoms with Crippen molar-refractivity contribution in [2.75, 3.05) is 28.3 Å². The van der Waals surface area contributed by atoms with Crippen LogP contribution in [0.25, 0.3) is 5.52 Å². The Morgan fingerprint density at radius 1 is 1.23 bits per heavy atom. The first-order valence-corrected chi connectivity index (χ1v) is 6.83. The maximum absolute atomic E-state index is 13.6. The zero-order chi connectivity index (χ0) is 17.3. The Hall–Kier alpha value is -2.12. The van der Waals surface area contributed by atoms with Crippen LogP contribution in [-0.2, 0) is 4.84 Å². The van der Waals surface area contributed by atoms with Crippen LogP contribution >= 0.6 is 0 Å². The van der Waals surface area contributed by atoms with Crippen molar-refractivity contribution in [2.24, 2.45) is 5.73 Å². The molecule has 2 rings (SSSR count). The molecule has 0 aliphatic heterocycles. The van der Waals surface area contributed by atoms with Crippen molar-refractivity contribution >= 4 is 11.4 Å². The van der Waals surface area contributed by atoms with E-state index >= 15 is 0 Å². The molecule has 0 bridgehead atoms. The summed E-state index contributed by atoms with van der Waals surface area (Å²) in [7, 11) is 5.73. The predicted molar refractivity (Wildman–Crippen MR) is 84.5 cm³/mol. The normalized spacial score (nSPS) is 9.27. The van der Waals surface area contributed by atoms with Crippen LogP contribution in [0.3, 0.4) is 0 Å². The van der Waals surface area contributed by atoms with Gasteiger partial charge in [0.2, 0.25) is 0 Å². The Balaban J connectivity index is 0.00000102. The smallest absolute Gasteiger partial charge is 0.279 e. The van der Waals surface area contributed by atoms with E-state index in [1.807, 2.05) is 13.8 Å². The third-order valence-electron chi connectivity index (χ3n) is 2.72. The van der Waals surface area contributed by atoms with Crippen molar-refractivity contribution in [1.82, 2.24) is 9.46 Å². The lowest BCUT2D eigenvalue weighted by atomic mass is 10.2. The van der Waals surface area contributed by atoms with Crippen LogP contribution in [0.5, 0.6) is 5.75 Å². The number of pyridine rings is 1. The molecule has 0 aliphatic rings. The largest absolute Gasteiger partial charge is 0.492 e. The van der Waals surface area contributed by atoms with E-state index in [-0.39, 0.29) is 11.7 Å². The molecule has 0 spiro atoms. The molecular weight excluding hydrogens is 289 g/mol. The Morgan fingerprint density at radius 3 is 2.27 bits per heavy atom. The molecule has 2 aromatic rings. The molecule has 2 aromatic heterocycles. The predicted octanol–water partition coefficient (Wildman–Crippen LogP) is 2.32. The van der Waals surface area contributed by atoms with Crippen LogP contribution in [-0.4, -0.2) is 43.7 Å². The van der Waals surface area contributed by atoms with Crippen LogP contribution in [0.4, 0.5) is 4.39 Å². The Kier molecular flexibility index (Phi) is 8.81. The second-order valence-electron chi connectivity index (χ2n) is 3.67. The summed E-state index contributed by atoms with van der Waals surface area (Å²) in [6, 6.07) is 2.87. The minimum absolute atomic E-state index is 0.0374. The molecule has 2 heterocycles. The molecule has 0 saturated heterocycles. The van der Waals surface area contributed by atoms with E-state index in [9.17, 15) is 9.18 Å². The van der Waals surface area contributed by atoms with Gasteiger partial charge >= 0.3 is 0 Å². The van der Waals surface area contributed by atoms with Gasteiger partial charge in [-0.2, -0.15) is 0 Å². The second-order valence-corrected chi connectivity index (χ2v) is 3.67. The minimum atomic E-state index is -0.516. The van der Waals surface area contributed by atoms with Crippen molar-refractivity contribution in [3.05, 3.63) is 35.9 Å². The summed E-state index contributed by atoms with van der Waals surface area (Å²) in [5.74, 6) is -0.850. The monoisotopic (exact) mass is 313 g/mol. The van der Waals surface area contributed by atoms with E-state index < -0.39 is 5.82 Å². The van der Waals surface area contributed by atoms with Gasteiger partial charge in [0.05, 0.1) is 19.8 Å². The second kappa shape index (κ2) is 9.75. The maximum atomic E-state index is 13.6. The SMILES string of the molecule is CC.CN.COc1c(F)ccn2ccc(C(=O)N(C)OC)c12. The average Bonchev–Trinajstić information content (AvgIpc) is 3.01. The Morgan fingerprint density at radius 2 is 1.77 bits per heavy atom. The van der Waals surface area contributed by atoms with Gasteiger partial charge in [0, 0.05) is 19.4 Å². The van der Waals surface area contributed by atoms with Gasteiger partial charge < -0.3 is 14.9 Å². The number of halogens is 1. The van der Waals surface area contributed by atoms with Crippen molar-refractivity contribution in [2.45, 2.75) is 13.8 Å². The number of nitrogens with zero attached hydrogens (tertiary/aromatic N) is 2. The number of hydrogen-bond donors (Lipinski definition) is 1. The molecule has 6 nitrogen and oxygen atoms in total. The first-order chi connectivity index (χ1) is 10.6. The maximum Gasteiger partial charge on any atom is 0.279 e. The number of carbonyl (C=O) groups excluding carboxylic acids is 1. The van der Waals surface area contributed by atoms with Gasteiger partial charge in [-0.1, -0.05) is 13.8 Å². The van der Waals surface area contributed by atoms with E-state index in [0.29, 0.717) is 11.1 Å². The van der Waals surface area contributed by atoms with Crippen LogP contribution in [0.1, 0.15) is 24.2 Å². The number of methoxy groups -OCH3 is 1. The molecule has 22 heavy (non-hydrogen) atoms. The number of hydroxylamine groups is 2. The molecule has 0 aromatic carbocycles. The zero-order valence-corrected chi connectivity index (χ0v) is 13.9. The van der Waals surface area contributed by atoms with Gasteiger partial charge in [-0.15, -0.1) is 0 Å². The molecule has 2 N–H and O–H groups in total. The minimum Gasteiger partial charge on any atom is -0.492 e. The highest BCUT2D eigenvalue weighted by molar-refractivity contribution is 6.02. The number of nitrogens with two attached hydrogens (primary N) is 1. The van der Waals surface area contributed by atoms with Crippen molar-refractivity contribution in [3.8, 4) is 5.75 Å². The summed E-state index contributed by atoms with van der Waals surface area (Å²) >= 11 is 0. The van der Waals surface area contributed by atoms with Crippen molar-refractivity contribution in [1.29, 1.82) is 0 Å². The molecule has 0 aliphatic carbocycles. The van der Waals surface area contributed by atoms with Gasteiger partial charge in [0.1, 0.15) is 5.52 Å². The van der Waals surface area contributed by atoms with Gasteiger partial charge in [-0.25, -0.2) is 9.45 Å². The Bertz CT molecular complexity index is 599. The van der Waals surface area contributed by atoms with Crippen molar-refractivity contribution < 1.29 is 18.8 Å². The summed E-state index contributed by atoms with van der Waals surface area (Å²) < 4.78 is 20.3. The van der Waals surface area contributed by atoms with Gasteiger partial charge in [0.15, 0.2) is 11.6 Å². The first-order valence-electron chi connectivity index (χ1n) is 6.83. The lowest BCUT2D eigenvalue weighted by Gasteiger charge is -2.13. The summed E-state index contributed by atoms with van der Waals surface area (Å²) in [5.41, 5.74) is 5.20. The number of hydrogen-bond acceptors (Lipinski definition) is 4. The van der Waals surface area contributed by atoms with E-state index in [1.54, 1.807) is 16.7 Å². The molecule has 7 heteroatoms. The van der Waals surface area contributed by atoms with Crippen LogP contribution in [0, 0.1) is 5.82 Å². The number of aromatic nitrogens is 1. The Labute approximate surface area is 130 Å². The highest BCUT2D eigenvalue weighted by atomic mass is 19.1. The molecule has 0 saturated carbocycles. The van der Waals surface area contributed by atoms with Crippen molar-refractivity contribution in [3.63, 3.8) is 0 Å². The molecule has 0 unspecified atom stereocenters. The number of ether oxygens (including phenoxy) is 1. The summed E-state index contributed by atoms with van der Waals surface area (Å²) in [5, 5.41) is 1.07. The fourth-order valence-electron chi connectivity index (χ4n) is 1.77. The molecule has 0 atom stereocenters. The highest BCUT2D eigenvalue weighted by Gasteiger charge is 2.20. The van der Waals surface area contributed by atoms with E-state index in [0.717, 1.165) is 5.06 Å². The van der Waals surface area contributed by atoms with Gasteiger partial charge in [0.25, 0.3) is 5.91 Å². The fraction of sp³-hybridized carbons (Fsp3) is 0.400.